The van der Waals surface area contributed by atoms with Gasteiger partial charge in [-0.25, -0.2) is 4.79 Å². The van der Waals surface area contributed by atoms with Crippen LogP contribution in [-0.4, -0.2) is 19.0 Å². The maximum atomic E-state index is 12.2. The number of hydrogen-bond acceptors (Lipinski definition) is 4. The Labute approximate surface area is 175 Å². The molecule has 0 aliphatic rings. The number of anilines is 3. The minimum absolute atomic E-state index is 0.182. The van der Waals surface area contributed by atoms with Crippen LogP contribution in [0.25, 0.3) is 0 Å². The fraction of sp³-hybridized carbons (Fsp3) is 0.130. The second-order valence-corrected chi connectivity index (χ2v) is 6.58. The molecule has 0 aliphatic heterocycles. The minimum atomic E-state index is -0.353. The first-order chi connectivity index (χ1) is 14.5. The van der Waals surface area contributed by atoms with Crippen molar-refractivity contribution in [3.8, 4) is 11.5 Å². The van der Waals surface area contributed by atoms with Gasteiger partial charge in [0.25, 0.3) is 5.91 Å². The number of hydrogen-bond donors (Lipinski definition) is 4. The van der Waals surface area contributed by atoms with Crippen molar-refractivity contribution in [2.24, 2.45) is 0 Å². The van der Waals surface area contributed by atoms with Gasteiger partial charge in [0, 0.05) is 29.7 Å². The summed E-state index contributed by atoms with van der Waals surface area (Å²) in [4.78, 5) is 24.0. The summed E-state index contributed by atoms with van der Waals surface area (Å²) in [6, 6.07) is 18.9. The summed E-state index contributed by atoms with van der Waals surface area (Å²) in [7, 11) is 1.58. The summed E-state index contributed by atoms with van der Waals surface area (Å²) in [5.74, 6) is 0.948. The van der Waals surface area contributed by atoms with E-state index in [0.29, 0.717) is 34.1 Å². The number of nitrogens with one attached hydrogen (secondary N) is 3. The average Bonchev–Trinajstić information content (AvgIpc) is 2.76. The molecule has 0 radical (unpaired) electrons. The molecule has 3 rings (SSSR count). The Morgan fingerprint density at radius 3 is 2.30 bits per heavy atom. The molecule has 0 unspecified atom stereocenters. The maximum absolute atomic E-state index is 12.2. The summed E-state index contributed by atoms with van der Waals surface area (Å²) in [5, 5.41) is 8.15. The van der Waals surface area contributed by atoms with Crippen LogP contribution in [0.5, 0.6) is 11.5 Å². The lowest BCUT2D eigenvalue weighted by Crippen LogP contribution is -2.19. The van der Waals surface area contributed by atoms with Gasteiger partial charge >= 0.3 is 6.03 Å². The lowest BCUT2D eigenvalue weighted by molar-refractivity contribution is 0.0962. The Morgan fingerprint density at radius 2 is 1.60 bits per heavy atom. The standard InChI is InChI=1S/C23H24N4O3/c1-3-15-13-18(9-12-21(15)24)27-23(29)26-17-7-10-19(11-8-17)30-20-6-4-5-16(14-20)22(28)25-2/h4-14H,3,24H2,1-2H3,(H,25,28)(H2,26,27,29). The highest BCUT2D eigenvalue weighted by atomic mass is 16.5. The SMILES string of the molecule is CCc1cc(NC(=O)Nc2ccc(Oc3cccc(C(=O)NC)c3)cc2)ccc1N. The minimum Gasteiger partial charge on any atom is -0.457 e. The zero-order valence-electron chi connectivity index (χ0n) is 16.9. The van der Waals surface area contributed by atoms with Crippen LogP contribution in [0.4, 0.5) is 21.9 Å². The molecule has 7 nitrogen and oxygen atoms in total. The largest absolute Gasteiger partial charge is 0.457 e. The molecular weight excluding hydrogens is 380 g/mol. The molecular formula is C23H24N4O3. The second-order valence-electron chi connectivity index (χ2n) is 6.58. The number of aryl methyl sites for hydroxylation is 1. The molecule has 7 heteroatoms. The van der Waals surface area contributed by atoms with Crippen LogP contribution in [0.15, 0.2) is 66.7 Å². The van der Waals surface area contributed by atoms with Crippen molar-refractivity contribution in [3.63, 3.8) is 0 Å². The van der Waals surface area contributed by atoms with Crippen molar-refractivity contribution >= 4 is 29.0 Å². The van der Waals surface area contributed by atoms with Gasteiger partial charge in [0.15, 0.2) is 0 Å². The lowest BCUT2D eigenvalue weighted by Gasteiger charge is -2.11. The van der Waals surface area contributed by atoms with Crippen LogP contribution in [-0.2, 0) is 6.42 Å². The van der Waals surface area contributed by atoms with E-state index in [2.05, 4.69) is 16.0 Å². The number of urea groups is 1. The molecule has 0 bridgehead atoms. The normalized spacial score (nSPS) is 10.2. The Bertz CT molecular complexity index is 1050. The highest BCUT2D eigenvalue weighted by molar-refractivity contribution is 6.00. The Morgan fingerprint density at radius 1 is 0.900 bits per heavy atom. The zero-order chi connectivity index (χ0) is 21.5. The van der Waals surface area contributed by atoms with E-state index < -0.39 is 0 Å². The van der Waals surface area contributed by atoms with Crippen molar-refractivity contribution < 1.29 is 14.3 Å². The van der Waals surface area contributed by atoms with Gasteiger partial charge in [0.2, 0.25) is 0 Å². The van der Waals surface area contributed by atoms with Crippen LogP contribution >= 0.6 is 0 Å². The van der Waals surface area contributed by atoms with Crippen LogP contribution in [0.2, 0.25) is 0 Å². The van der Waals surface area contributed by atoms with E-state index in [9.17, 15) is 9.59 Å². The number of nitrogen functional groups attached to an aromatic ring is 1. The van der Waals surface area contributed by atoms with Crippen LogP contribution in [0.1, 0.15) is 22.8 Å². The number of nitrogens with two attached hydrogens (primary N) is 1. The molecule has 0 aliphatic carbocycles. The topological polar surface area (TPSA) is 105 Å². The zero-order valence-corrected chi connectivity index (χ0v) is 16.9. The molecule has 0 saturated heterocycles. The van der Waals surface area contributed by atoms with Gasteiger partial charge in [-0.1, -0.05) is 13.0 Å². The quantitative estimate of drug-likeness (QED) is 0.450. The Hall–Kier alpha value is -4.00. The number of benzene rings is 3. The highest BCUT2D eigenvalue weighted by Crippen LogP contribution is 2.24. The first kappa shape index (κ1) is 20.7. The first-order valence-electron chi connectivity index (χ1n) is 9.55. The first-order valence-corrected chi connectivity index (χ1v) is 9.55. The third-order valence-corrected chi connectivity index (χ3v) is 4.45. The molecule has 154 valence electrons. The molecule has 0 aromatic heterocycles. The van der Waals surface area contributed by atoms with Crippen molar-refractivity contribution in [2.75, 3.05) is 23.4 Å². The van der Waals surface area contributed by atoms with Gasteiger partial charge in [-0.3, -0.25) is 4.79 Å². The summed E-state index contributed by atoms with van der Waals surface area (Å²) in [6.07, 6.45) is 0.788. The number of amides is 3. The fourth-order valence-electron chi connectivity index (χ4n) is 2.87. The molecule has 30 heavy (non-hydrogen) atoms. The third-order valence-electron chi connectivity index (χ3n) is 4.45. The van der Waals surface area contributed by atoms with E-state index in [-0.39, 0.29) is 11.9 Å². The number of carbonyl (C=O) groups is 2. The summed E-state index contributed by atoms with van der Waals surface area (Å²) < 4.78 is 5.79. The lowest BCUT2D eigenvalue weighted by atomic mass is 10.1. The van der Waals surface area contributed by atoms with Gasteiger partial charge in [-0.15, -0.1) is 0 Å². The van der Waals surface area contributed by atoms with E-state index in [0.717, 1.165) is 12.0 Å². The molecule has 0 heterocycles. The average molecular weight is 404 g/mol. The van der Waals surface area contributed by atoms with Crippen LogP contribution in [0.3, 0.4) is 0 Å². The van der Waals surface area contributed by atoms with Gasteiger partial charge in [-0.05, 0) is 72.6 Å². The molecule has 3 amide bonds. The van der Waals surface area contributed by atoms with E-state index >= 15 is 0 Å². The molecule has 0 fully saturated rings. The molecule has 3 aromatic carbocycles. The van der Waals surface area contributed by atoms with E-state index in [4.69, 9.17) is 10.5 Å². The third kappa shape index (κ3) is 5.29. The molecule has 0 spiro atoms. The number of ether oxygens (including phenoxy) is 1. The summed E-state index contributed by atoms with van der Waals surface area (Å²) in [5.41, 5.74) is 9.39. The second kappa shape index (κ2) is 9.47. The van der Waals surface area contributed by atoms with Gasteiger partial charge in [-0.2, -0.15) is 0 Å². The maximum Gasteiger partial charge on any atom is 0.323 e. The van der Waals surface area contributed by atoms with Crippen LogP contribution < -0.4 is 26.4 Å². The van der Waals surface area contributed by atoms with Gasteiger partial charge in [0.05, 0.1) is 0 Å². The molecule has 5 N–H and O–H groups in total. The van der Waals surface area contributed by atoms with Crippen molar-refractivity contribution in [3.05, 3.63) is 77.9 Å². The van der Waals surface area contributed by atoms with E-state index in [1.807, 2.05) is 13.0 Å². The van der Waals surface area contributed by atoms with E-state index in [1.54, 1.807) is 67.7 Å². The fourth-order valence-corrected chi connectivity index (χ4v) is 2.87. The summed E-state index contributed by atoms with van der Waals surface area (Å²) in [6.45, 7) is 2.01. The van der Waals surface area contributed by atoms with Crippen molar-refractivity contribution in [1.82, 2.24) is 5.32 Å². The predicted octanol–water partition coefficient (Wildman–Crippen LogP) is 4.63. The molecule has 3 aromatic rings. The number of carbonyl (C=O) groups excluding carboxylic acids is 2. The highest BCUT2D eigenvalue weighted by Gasteiger charge is 2.07. The molecule has 0 atom stereocenters. The molecule has 0 saturated carbocycles. The number of rotatable bonds is 6. The van der Waals surface area contributed by atoms with Crippen LogP contribution in [0, 0.1) is 0 Å². The summed E-state index contributed by atoms with van der Waals surface area (Å²) >= 11 is 0. The van der Waals surface area contributed by atoms with Crippen molar-refractivity contribution in [1.29, 1.82) is 0 Å². The Kier molecular flexibility index (Phi) is 6.54. The van der Waals surface area contributed by atoms with Gasteiger partial charge < -0.3 is 26.4 Å². The van der Waals surface area contributed by atoms with Crippen molar-refractivity contribution in [2.45, 2.75) is 13.3 Å². The smallest absolute Gasteiger partial charge is 0.323 e. The monoisotopic (exact) mass is 404 g/mol. The van der Waals surface area contributed by atoms with Gasteiger partial charge in [0.1, 0.15) is 11.5 Å². The Balaban J connectivity index is 1.60. The predicted molar refractivity (Wildman–Crippen MR) is 119 cm³/mol. The van der Waals surface area contributed by atoms with E-state index in [1.165, 1.54) is 0 Å².